The van der Waals surface area contributed by atoms with Gasteiger partial charge in [-0.05, 0) is 47.1 Å². The molecule has 1 fully saturated rings. The van der Waals surface area contributed by atoms with E-state index in [1.54, 1.807) is 47.6 Å². The summed E-state index contributed by atoms with van der Waals surface area (Å²) in [5, 5.41) is 11.4. The molecule has 0 amide bonds. The van der Waals surface area contributed by atoms with E-state index in [1.807, 2.05) is 0 Å². The minimum atomic E-state index is -0.944. The van der Waals surface area contributed by atoms with Crippen molar-refractivity contribution in [2.75, 3.05) is 13.2 Å². The van der Waals surface area contributed by atoms with Gasteiger partial charge in [0.1, 0.15) is 18.6 Å². The Hall–Kier alpha value is -3.11. The number of non-ortho nitro benzene ring substituents is 1. The number of carbonyl (C=O) groups is 2. The number of carbonyl (C=O) groups excluding carboxylic acids is 2. The Morgan fingerprint density at radius 1 is 1.29 bits per heavy atom. The number of rotatable bonds is 7. The summed E-state index contributed by atoms with van der Waals surface area (Å²) in [4.78, 5) is 41.7. The van der Waals surface area contributed by atoms with E-state index < -0.39 is 46.7 Å². The summed E-state index contributed by atoms with van der Waals surface area (Å²) in [5.41, 5.74) is 1.23. The van der Waals surface area contributed by atoms with Crippen LogP contribution in [-0.4, -0.2) is 53.8 Å². The van der Waals surface area contributed by atoms with Crippen LogP contribution >= 0.6 is 0 Å². The van der Waals surface area contributed by atoms with Crippen molar-refractivity contribution in [2.45, 2.75) is 65.5 Å². The normalized spacial score (nSPS) is 24.1. The highest BCUT2D eigenvalue weighted by molar-refractivity contribution is 6.07. The second-order valence-electron chi connectivity index (χ2n) is 9.09. The van der Waals surface area contributed by atoms with E-state index in [1.165, 1.54) is 18.2 Å². The predicted molar refractivity (Wildman–Crippen MR) is 122 cm³/mol. The molecule has 0 N–H and O–H groups in total. The molecule has 3 rings (SSSR count). The standard InChI is InChI=1S/C24H30N2O8/c1-13(2)33-23(28)20-15(4)25-14(3)19(21(20)16-8-7-9-17(10-16)26(29)30)22(27)31-11-18-12-32-24(5,6)34-18/h7-10,13,18,20-21H,11-12H2,1-6H3. The average Bonchev–Trinajstić information content (AvgIpc) is 3.09. The molecule has 2 heterocycles. The summed E-state index contributed by atoms with van der Waals surface area (Å²) >= 11 is 0. The van der Waals surface area contributed by atoms with E-state index in [0.717, 1.165) is 0 Å². The summed E-state index contributed by atoms with van der Waals surface area (Å²) in [5.74, 6) is -3.83. The molecule has 3 atom stereocenters. The van der Waals surface area contributed by atoms with Gasteiger partial charge in [0.15, 0.2) is 5.79 Å². The van der Waals surface area contributed by atoms with Crippen LogP contribution in [0.3, 0.4) is 0 Å². The Kier molecular flexibility index (Phi) is 7.52. The van der Waals surface area contributed by atoms with Crippen molar-refractivity contribution in [1.82, 2.24) is 0 Å². The van der Waals surface area contributed by atoms with Crippen LogP contribution in [0.4, 0.5) is 5.69 Å². The van der Waals surface area contributed by atoms with E-state index in [0.29, 0.717) is 17.0 Å². The maximum absolute atomic E-state index is 13.3. The lowest BCUT2D eigenvalue weighted by atomic mass is 9.75. The first-order chi connectivity index (χ1) is 15.9. The molecule has 1 saturated heterocycles. The molecule has 184 valence electrons. The summed E-state index contributed by atoms with van der Waals surface area (Å²) in [7, 11) is 0. The Bertz CT molecular complexity index is 1040. The molecule has 0 aromatic heterocycles. The van der Waals surface area contributed by atoms with Crippen LogP contribution in [0.1, 0.15) is 53.0 Å². The molecule has 1 aromatic rings. The Labute approximate surface area is 198 Å². The van der Waals surface area contributed by atoms with Crippen LogP contribution in [0.15, 0.2) is 40.5 Å². The van der Waals surface area contributed by atoms with Crippen molar-refractivity contribution < 1.29 is 33.5 Å². The first-order valence-electron chi connectivity index (χ1n) is 11.1. The Morgan fingerprint density at radius 2 is 2.00 bits per heavy atom. The van der Waals surface area contributed by atoms with Gasteiger partial charge in [0.25, 0.3) is 5.69 Å². The Balaban J connectivity index is 1.99. The second-order valence-corrected chi connectivity index (χ2v) is 9.09. The van der Waals surface area contributed by atoms with Crippen LogP contribution < -0.4 is 0 Å². The molecule has 2 aliphatic rings. The lowest BCUT2D eigenvalue weighted by Gasteiger charge is -2.32. The summed E-state index contributed by atoms with van der Waals surface area (Å²) in [6.07, 6.45) is -0.831. The average molecular weight is 475 g/mol. The third-order valence-corrected chi connectivity index (χ3v) is 5.56. The van der Waals surface area contributed by atoms with Gasteiger partial charge in [-0.25, -0.2) is 4.79 Å². The molecule has 34 heavy (non-hydrogen) atoms. The fourth-order valence-electron chi connectivity index (χ4n) is 4.20. The molecule has 10 heteroatoms. The van der Waals surface area contributed by atoms with Crippen molar-refractivity contribution in [1.29, 1.82) is 0 Å². The highest BCUT2D eigenvalue weighted by atomic mass is 16.7. The number of nitro benzene ring substituents is 1. The van der Waals surface area contributed by atoms with Gasteiger partial charge in [0.2, 0.25) is 0 Å². The van der Waals surface area contributed by atoms with Gasteiger partial charge in [-0.1, -0.05) is 12.1 Å². The number of nitrogens with zero attached hydrogens (tertiary/aromatic N) is 2. The zero-order valence-electron chi connectivity index (χ0n) is 20.2. The number of esters is 2. The minimum Gasteiger partial charge on any atom is -0.462 e. The van der Waals surface area contributed by atoms with Gasteiger partial charge < -0.3 is 18.9 Å². The van der Waals surface area contributed by atoms with E-state index in [9.17, 15) is 19.7 Å². The monoisotopic (exact) mass is 474 g/mol. The van der Waals surface area contributed by atoms with Crippen LogP contribution in [0.25, 0.3) is 0 Å². The molecule has 0 radical (unpaired) electrons. The first kappa shape index (κ1) is 25.5. The summed E-state index contributed by atoms with van der Waals surface area (Å²) in [6, 6.07) is 5.87. The number of nitro groups is 1. The minimum absolute atomic E-state index is 0.0511. The zero-order chi connectivity index (χ0) is 25.2. The fourth-order valence-corrected chi connectivity index (χ4v) is 4.20. The van der Waals surface area contributed by atoms with Crippen LogP contribution in [0, 0.1) is 16.0 Å². The van der Waals surface area contributed by atoms with E-state index in [4.69, 9.17) is 18.9 Å². The second kappa shape index (κ2) is 10.0. The van der Waals surface area contributed by atoms with E-state index in [-0.39, 0.29) is 24.5 Å². The van der Waals surface area contributed by atoms with Crippen LogP contribution in [0.2, 0.25) is 0 Å². The van der Waals surface area contributed by atoms with E-state index >= 15 is 0 Å². The highest BCUT2D eigenvalue weighted by Crippen LogP contribution is 2.41. The molecule has 2 aliphatic heterocycles. The molecule has 0 spiro atoms. The SMILES string of the molecule is CC1=NC(C)=C(C(=O)OCC2COC(C)(C)O2)C(c2cccc([N+](=O)[O-])c2)C1C(=O)OC(C)C. The predicted octanol–water partition coefficient (Wildman–Crippen LogP) is 3.69. The number of hydrogen-bond donors (Lipinski definition) is 0. The summed E-state index contributed by atoms with van der Waals surface area (Å²) < 4.78 is 22.2. The van der Waals surface area contributed by atoms with Gasteiger partial charge in [-0.3, -0.25) is 19.9 Å². The lowest BCUT2D eigenvalue weighted by molar-refractivity contribution is -0.384. The van der Waals surface area contributed by atoms with Gasteiger partial charge >= 0.3 is 11.9 Å². The third kappa shape index (κ3) is 5.68. The molecule has 3 unspecified atom stereocenters. The number of aliphatic imine (C=N–C) groups is 1. The number of benzene rings is 1. The molecule has 0 bridgehead atoms. The lowest BCUT2D eigenvalue weighted by Crippen LogP contribution is -2.38. The smallest absolute Gasteiger partial charge is 0.336 e. The van der Waals surface area contributed by atoms with Gasteiger partial charge in [-0.2, -0.15) is 0 Å². The molecule has 0 saturated carbocycles. The number of hydrogen-bond acceptors (Lipinski definition) is 9. The van der Waals surface area contributed by atoms with Gasteiger partial charge in [-0.15, -0.1) is 0 Å². The molecule has 1 aromatic carbocycles. The highest BCUT2D eigenvalue weighted by Gasteiger charge is 2.43. The largest absolute Gasteiger partial charge is 0.462 e. The maximum Gasteiger partial charge on any atom is 0.336 e. The zero-order valence-corrected chi connectivity index (χ0v) is 20.2. The molecule has 0 aliphatic carbocycles. The van der Waals surface area contributed by atoms with Crippen molar-refractivity contribution in [3.8, 4) is 0 Å². The molecule has 10 nitrogen and oxygen atoms in total. The molecular formula is C24H30N2O8. The maximum atomic E-state index is 13.3. The van der Waals surface area contributed by atoms with Crippen molar-refractivity contribution in [2.24, 2.45) is 10.9 Å². The van der Waals surface area contributed by atoms with Gasteiger partial charge in [0.05, 0.1) is 23.2 Å². The van der Waals surface area contributed by atoms with E-state index in [2.05, 4.69) is 4.99 Å². The topological polar surface area (TPSA) is 127 Å². The van der Waals surface area contributed by atoms with Crippen molar-refractivity contribution in [3.63, 3.8) is 0 Å². The quantitative estimate of drug-likeness (QED) is 0.333. The fraction of sp³-hybridized carbons (Fsp3) is 0.542. The first-order valence-corrected chi connectivity index (χ1v) is 11.1. The van der Waals surface area contributed by atoms with Crippen LogP contribution in [-0.2, 0) is 28.5 Å². The van der Waals surface area contributed by atoms with Crippen molar-refractivity contribution >= 4 is 23.3 Å². The van der Waals surface area contributed by atoms with Gasteiger partial charge in [0, 0.05) is 29.5 Å². The third-order valence-electron chi connectivity index (χ3n) is 5.56. The van der Waals surface area contributed by atoms with Crippen molar-refractivity contribution in [3.05, 3.63) is 51.2 Å². The number of ether oxygens (including phenoxy) is 4. The summed E-state index contributed by atoms with van der Waals surface area (Å²) in [6.45, 7) is 10.5. The Morgan fingerprint density at radius 3 is 2.59 bits per heavy atom. The molecular weight excluding hydrogens is 444 g/mol. The van der Waals surface area contributed by atoms with Crippen LogP contribution in [0.5, 0.6) is 0 Å². The number of allylic oxidation sites excluding steroid dienone is 1.